The van der Waals surface area contributed by atoms with E-state index in [0.29, 0.717) is 23.5 Å². The summed E-state index contributed by atoms with van der Waals surface area (Å²) in [4.78, 5) is 39.1. The van der Waals surface area contributed by atoms with Crippen LogP contribution in [0.1, 0.15) is 41.0 Å². The van der Waals surface area contributed by atoms with Crippen molar-refractivity contribution in [2.45, 2.75) is 51.6 Å². The van der Waals surface area contributed by atoms with Crippen molar-refractivity contribution < 1.29 is 55.3 Å². The third-order valence-electron chi connectivity index (χ3n) is 5.45. The van der Waals surface area contributed by atoms with E-state index >= 15 is 0 Å². The molecule has 0 atom stereocenters. The number of amides is 1. The molecule has 0 radical (unpaired) electrons. The van der Waals surface area contributed by atoms with Crippen molar-refractivity contribution in [1.29, 1.82) is 0 Å². The molecular formula is C26H31F7N4O5. The van der Waals surface area contributed by atoms with Crippen LogP contribution < -0.4 is 5.32 Å². The first-order valence-electron chi connectivity index (χ1n) is 12.3. The summed E-state index contributed by atoms with van der Waals surface area (Å²) in [5.74, 6) is -5.08. The van der Waals surface area contributed by atoms with E-state index in [1.165, 1.54) is 6.07 Å². The van der Waals surface area contributed by atoms with Gasteiger partial charge in [-0.2, -0.15) is 26.3 Å². The van der Waals surface area contributed by atoms with Gasteiger partial charge in [-0.15, -0.1) is 0 Å². The molecule has 16 heteroatoms. The number of aromatic nitrogens is 1. The predicted molar refractivity (Wildman–Crippen MR) is 137 cm³/mol. The fraction of sp³-hybridized carbons (Fsp3) is 0.462. The quantitative estimate of drug-likeness (QED) is 0.419. The summed E-state index contributed by atoms with van der Waals surface area (Å²) in [7, 11) is 3.51. The molecule has 1 amide bonds. The van der Waals surface area contributed by atoms with Crippen LogP contribution in [0.2, 0.25) is 0 Å². The Balaban J connectivity index is 0.000000522. The summed E-state index contributed by atoms with van der Waals surface area (Å²) in [6, 6.07) is 9.10. The van der Waals surface area contributed by atoms with Crippen LogP contribution in [0.5, 0.6) is 0 Å². The van der Waals surface area contributed by atoms with Gasteiger partial charge in [0.25, 0.3) is 5.91 Å². The fourth-order valence-corrected chi connectivity index (χ4v) is 3.49. The van der Waals surface area contributed by atoms with Crippen LogP contribution in [0.4, 0.5) is 36.6 Å². The lowest BCUT2D eigenvalue weighted by atomic mass is 10.0. The zero-order chi connectivity index (χ0) is 32.4. The average Bonchev–Trinajstić information content (AvgIpc) is 3.05. The molecule has 1 aromatic carbocycles. The summed E-state index contributed by atoms with van der Waals surface area (Å²) in [6.45, 7) is 6.29. The first-order valence-corrected chi connectivity index (χ1v) is 12.3. The number of rotatable bonds is 5. The number of carbonyl (C=O) groups excluding carboxylic acids is 1. The number of halogens is 7. The average molecular weight is 613 g/mol. The van der Waals surface area contributed by atoms with Gasteiger partial charge in [-0.1, -0.05) is 18.2 Å². The van der Waals surface area contributed by atoms with Gasteiger partial charge in [0.1, 0.15) is 11.6 Å². The van der Waals surface area contributed by atoms with Crippen molar-refractivity contribution >= 4 is 23.7 Å². The lowest BCUT2D eigenvalue weighted by molar-refractivity contribution is -0.193. The molecule has 0 aliphatic carbocycles. The first-order chi connectivity index (χ1) is 19.2. The number of alkyl halides is 6. The maximum absolute atomic E-state index is 14.0. The van der Waals surface area contributed by atoms with Crippen LogP contribution >= 0.6 is 0 Å². The van der Waals surface area contributed by atoms with Gasteiger partial charge in [-0.25, -0.2) is 19.0 Å². The van der Waals surface area contributed by atoms with Crippen LogP contribution in [0, 0.1) is 5.82 Å². The van der Waals surface area contributed by atoms with Crippen molar-refractivity contribution in [2.24, 2.45) is 0 Å². The van der Waals surface area contributed by atoms with E-state index in [0.717, 1.165) is 37.2 Å². The topological polar surface area (TPSA) is 123 Å². The highest BCUT2D eigenvalue weighted by atomic mass is 19.4. The number of nitrogens with one attached hydrogen (secondary N) is 1. The highest BCUT2D eigenvalue weighted by Crippen LogP contribution is 2.24. The Morgan fingerprint density at radius 3 is 1.93 bits per heavy atom. The summed E-state index contributed by atoms with van der Waals surface area (Å²) >= 11 is 0. The molecule has 2 aromatic rings. The molecule has 0 bridgehead atoms. The molecule has 2 heterocycles. The van der Waals surface area contributed by atoms with Crippen molar-refractivity contribution in [2.75, 3.05) is 32.5 Å². The van der Waals surface area contributed by atoms with E-state index in [2.05, 4.69) is 10.2 Å². The lowest BCUT2D eigenvalue weighted by Gasteiger charge is -2.19. The van der Waals surface area contributed by atoms with Gasteiger partial charge >= 0.3 is 24.3 Å². The Morgan fingerprint density at radius 1 is 0.976 bits per heavy atom. The number of carboxylic acid groups (broad SMARTS) is 2. The monoisotopic (exact) mass is 612 g/mol. The molecule has 1 aliphatic rings. The second kappa shape index (κ2) is 15.3. The van der Waals surface area contributed by atoms with E-state index in [9.17, 15) is 35.5 Å². The summed E-state index contributed by atoms with van der Waals surface area (Å²) in [6.07, 6.45) is -8.58. The van der Waals surface area contributed by atoms with E-state index in [-0.39, 0.29) is 17.8 Å². The van der Waals surface area contributed by atoms with Gasteiger partial charge in [-0.3, -0.25) is 9.69 Å². The molecule has 3 rings (SSSR count). The van der Waals surface area contributed by atoms with Crippen LogP contribution in [0.15, 0.2) is 30.3 Å². The fourth-order valence-electron chi connectivity index (χ4n) is 3.49. The first kappa shape index (κ1) is 36.1. The van der Waals surface area contributed by atoms with Crippen LogP contribution in [0.25, 0.3) is 0 Å². The summed E-state index contributed by atoms with van der Waals surface area (Å²) < 4.78 is 77.5. The van der Waals surface area contributed by atoms with Crippen LogP contribution in [-0.4, -0.2) is 88.4 Å². The molecule has 9 nitrogen and oxygen atoms in total. The Kier molecular flexibility index (Phi) is 13.2. The standard InChI is InChI=1S/C22H29FN4O.2C2HF3O2/c1-15(2)24-21-18(22(28)26(3)4)13-16-9-11-27(12-10-20(16)25-21)14-17-7-5-6-8-19(17)23;2*3-2(4,5)1(6)7/h5-8,13,15H,9-12,14H2,1-4H3,(H,24,25);2*(H,6,7). The normalized spacial score (nSPS) is 13.4. The molecule has 234 valence electrons. The van der Waals surface area contributed by atoms with Crippen molar-refractivity contribution in [3.63, 3.8) is 0 Å². The Morgan fingerprint density at radius 2 is 1.48 bits per heavy atom. The van der Waals surface area contributed by atoms with Crippen LogP contribution in [-0.2, 0) is 29.0 Å². The minimum absolute atomic E-state index is 0.0501. The molecule has 0 unspecified atom stereocenters. The number of fused-ring (bicyclic) bond motifs is 1. The lowest BCUT2D eigenvalue weighted by Crippen LogP contribution is -2.26. The minimum Gasteiger partial charge on any atom is -0.475 e. The molecule has 3 N–H and O–H groups in total. The Hall–Kier alpha value is -3.95. The number of anilines is 1. The summed E-state index contributed by atoms with van der Waals surface area (Å²) in [5.41, 5.74) is 3.46. The Labute approximate surface area is 236 Å². The second-order valence-electron chi connectivity index (χ2n) is 9.46. The maximum Gasteiger partial charge on any atom is 0.490 e. The zero-order valence-electron chi connectivity index (χ0n) is 23.1. The van der Waals surface area contributed by atoms with E-state index < -0.39 is 24.3 Å². The van der Waals surface area contributed by atoms with Gasteiger partial charge in [0.15, 0.2) is 0 Å². The van der Waals surface area contributed by atoms with Gasteiger partial charge < -0.3 is 20.4 Å². The van der Waals surface area contributed by atoms with Gasteiger partial charge in [0, 0.05) is 57.4 Å². The SMILES string of the molecule is CC(C)Nc1nc2c(cc1C(=O)N(C)C)CCN(Cc1ccccc1F)CC2.O=C(O)C(F)(F)F.O=C(O)C(F)(F)F. The number of hydrogen-bond acceptors (Lipinski definition) is 6. The van der Waals surface area contributed by atoms with E-state index in [1.807, 2.05) is 32.0 Å². The number of benzene rings is 1. The number of aliphatic carboxylic acids is 2. The predicted octanol–water partition coefficient (Wildman–Crippen LogP) is 4.61. The molecule has 1 aliphatic heterocycles. The Bertz CT molecular complexity index is 1210. The van der Waals surface area contributed by atoms with Gasteiger partial charge in [0.05, 0.1) is 5.56 Å². The molecule has 0 fully saturated rings. The highest BCUT2D eigenvalue weighted by molar-refractivity contribution is 5.98. The molecule has 0 saturated carbocycles. The molecule has 0 saturated heterocycles. The maximum atomic E-state index is 14.0. The number of carbonyl (C=O) groups is 3. The third kappa shape index (κ3) is 11.9. The third-order valence-corrected chi connectivity index (χ3v) is 5.45. The van der Waals surface area contributed by atoms with E-state index in [4.69, 9.17) is 24.8 Å². The number of hydrogen-bond donors (Lipinski definition) is 3. The second-order valence-corrected chi connectivity index (χ2v) is 9.46. The van der Waals surface area contributed by atoms with Gasteiger partial charge in [0.2, 0.25) is 0 Å². The molecular weight excluding hydrogens is 581 g/mol. The zero-order valence-corrected chi connectivity index (χ0v) is 23.1. The van der Waals surface area contributed by atoms with Crippen molar-refractivity contribution in [1.82, 2.24) is 14.8 Å². The van der Waals surface area contributed by atoms with Crippen LogP contribution in [0.3, 0.4) is 0 Å². The molecule has 42 heavy (non-hydrogen) atoms. The smallest absolute Gasteiger partial charge is 0.475 e. The van der Waals surface area contributed by atoms with Crippen molar-refractivity contribution in [3.8, 4) is 0 Å². The largest absolute Gasteiger partial charge is 0.490 e. The number of carboxylic acids is 2. The summed E-state index contributed by atoms with van der Waals surface area (Å²) in [5, 5.41) is 17.6. The molecule has 1 aromatic heterocycles. The molecule has 0 spiro atoms. The van der Waals surface area contributed by atoms with E-state index in [1.54, 1.807) is 25.1 Å². The number of nitrogens with zero attached hydrogens (tertiary/aromatic N) is 3. The highest BCUT2D eigenvalue weighted by Gasteiger charge is 2.38. The van der Waals surface area contributed by atoms with Gasteiger partial charge in [-0.05, 0) is 38.0 Å². The minimum atomic E-state index is -5.08. The number of pyridine rings is 1. The van der Waals surface area contributed by atoms with Crippen molar-refractivity contribution in [3.05, 3.63) is 58.5 Å².